The van der Waals surface area contributed by atoms with Crippen molar-refractivity contribution in [1.82, 2.24) is 15.1 Å². The average molecular weight is 281 g/mol. The van der Waals surface area contributed by atoms with Crippen molar-refractivity contribution >= 4 is 11.8 Å². The van der Waals surface area contributed by atoms with Crippen molar-refractivity contribution in [2.75, 3.05) is 12.3 Å². The summed E-state index contributed by atoms with van der Waals surface area (Å²) in [7, 11) is 2.04. The maximum absolute atomic E-state index is 4.31. The van der Waals surface area contributed by atoms with Gasteiger partial charge in [0.25, 0.3) is 0 Å². The molecule has 1 aromatic rings. The van der Waals surface area contributed by atoms with Gasteiger partial charge in [-0.05, 0) is 31.9 Å². The Kier molecular flexibility index (Phi) is 6.24. The largest absolute Gasteiger partial charge is 0.308 e. The fourth-order valence-electron chi connectivity index (χ4n) is 2.76. The lowest BCUT2D eigenvalue weighted by atomic mass is 10.0. The van der Waals surface area contributed by atoms with Gasteiger partial charge in [-0.2, -0.15) is 16.9 Å². The summed E-state index contributed by atoms with van der Waals surface area (Å²) in [4.78, 5) is 0. The van der Waals surface area contributed by atoms with E-state index in [1.165, 1.54) is 50.0 Å². The van der Waals surface area contributed by atoms with Crippen LogP contribution in [-0.4, -0.2) is 27.3 Å². The first-order chi connectivity index (χ1) is 9.31. The SMILES string of the molecule is CCCNC(CSC1CCCCC1)c1ccnn1C. The molecular formula is C15H27N3S. The monoisotopic (exact) mass is 281 g/mol. The molecule has 1 N–H and O–H groups in total. The van der Waals surface area contributed by atoms with E-state index < -0.39 is 0 Å². The van der Waals surface area contributed by atoms with E-state index in [9.17, 15) is 0 Å². The van der Waals surface area contributed by atoms with Crippen LogP contribution in [0.4, 0.5) is 0 Å². The first-order valence-corrected chi connectivity index (χ1v) is 8.69. The summed E-state index contributed by atoms with van der Waals surface area (Å²) in [6, 6.07) is 2.59. The molecule has 1 unspecified atom stereocenters. The minimum absolute atomic E-state index is 0.444. The number of rotatable bonds is 7. The maximum atomic E-state index is 4.31. The van der Waals surface area contributed by atoms with Crippen LogP contribution in [0.2, 0.25) is 0 Å². The maximum Gasteiger partial charge on any atom is 0.0583 e. The van der Waals surface area contributed by atoms with Crippen LogP contribution in [0.1, 0.15) is 57.2 Å². The average Bonchev–Trinajstić information content (AvgIpc) is 2.86. The van der Waals surface area contributed by atoms with Gasteiger partial charge in [0.15, 0.2) is 0 Å². The van der Waals surface area contributed by atoms with Gasteiger partial charge in [-0.1, -0.05) is 26.2 Å². The lowest BCUT2D eigenvalue weighted by molar-refractivity contribution is 0.509. The molecule has 0 aliphatic heterocycles. The molecule has 1 saturated carbocycles. The van der Waals surface area contributed by atoms with E-state index in [0.717, 1.165) is 11.8 Å². The lowest BCUT2D eigenvalue weighted by Gasteiger charge is -2.24. The number of thioether (sulfide) groups is 1. The zero-order valence-electron chi connectivity index (χ0n) is 12.3. The molecule has 0 radical (unpaired) electrons. The van der Waals surface area contributed by atoms with E-state index in [0.29, 0.717) is 6.04 Å². The molecule has 1 aliphatic rings. The third-order valence-electron chi connectivity index (χ3n) is 3.91. The summed E-state index contributed by atoms with van der Waals surface area (Å²) in [5.74, 6) is 1.17. The molecule has 0 bridgehead atoms. The van der Waals surface area contributed by atoms with Crippen molar-refractivity contribution < 1.29 is 0 Å². The van der Waals surface area contributed by atoms with Crippen molar-refractivity contribution in [2.45, 2.75) is 56.7 Å². The molecule has 1 aliphatic carbocycles. The highest BCUT2D eigenvalue weighted by molar-refractivity contribution is 7.99. The summed E-state index contributed by atoms with van der Waals surface area (Å²) < 4.78 is 2.01. The molecule has 108 valence electrons. The third-order valence-corrected chi connectivity index (χ3v) is 5.38. The molecule has 1 fully saturated rings. The van der Waals surface area contributed by atoms with Crippen molar-refractivity contribution in [3.8, 4) is 0 Å². The Hall–Kier alpha value is -0.480. The van der Waals surface area contributed by atoms with Crippen molar-refractivity contribution in [1.29, 1.82) is 0 Å². The number of aryl methyl sites for hydroxylation is 1. The number of hydrogen-bond acceptors (Lipinski definition) is 3. The van der Waals surface area contributed by atoms with Crippen LogP contribution >= 0.6 is 11.8 Å². The van der Waals surface area contributed by atoms with Gasteiger partial charge in [0.05, 0.1) is 11.7 Å². The second-order valence-corrected chi connectivity index (χ2v) is 6.81. The van der Waals surface area contributed by atoms with Crippen LogP contribution < -0.4 is 5.32 Å². The molecule has 1 heterocycles. The quantitative estimate of drug-likeness (QED) is 0.829. The van der Waals surface area contributed by atoms with E-state index >= 15 is 0 Å². The molecule has 1 atom stereocenters. The molecule has 4 heteroatoms. The second kappa shape index (κ2) is 7.95. The zero-order valence-corrected chi connectivity index (χ0v) is 13.1. The van der Waals surface area contributed by atoms with E-state index in [1.807, 2.05) is 17.9 Å². The molecule has 3 nitrogen and oxygen atoms in total. The van der Waals surface area contributed by atoms with Gasteiger partial charge in [0.2, 0.25) is 0 Å². The molecule has 0 amide bonds. The summed E-state index contributed by atoms with van der Waals surface area (Å²) in [6.45, 7) is 3.31. The van der Waals surface area contributed by atoms with Crippen LogP contribution in [0.25, 0.3) is 0 Å². The second-order valence-electron chi connectivity index (χ2n) is 5.48. The first kappa shape index (κ1) is 14.9. The van der Waals surface area contributed by atoms with Crippen molar-refractivity contribution in [2.24, 2.45) is 7.05 Å². The Morgan fingerprint density at radius 2 is 2.21 bits per heavy atom. The Morgan fingerprint density at radius 3 is 2.84 bits per heavy atom. The van der Waals surface area contributed by atoms with Crippen LogP contribution in [0.5, 0.6) is 0 Å². The van der Waals surface area contributed by atoms with Gasteiger partial charge in [0.1, 0.15) is 0 Å². The van der Waals surface area contributed by atoms with Crippen LogP contribution in [0, 0.1) is 0 Å². The predicted octanol–water partition coefficient (Wildman–Crippen LogP) is 3.53. The molecule has 0 aromatic carbocycles. The molecule has 0 saturated heterocycles. The number of nitrogens with one attached hydrogen (secondary N) is 1. The zero-order chi connectivity index (χ0) is 13.5. The van der Waals surface area contributed by atoms with E-state index in [-0.39, 0.29) is 0 Å². The minimum Gasteiger partial charge on any atom is -0.308 e. The number of nitrogens with zero attached hydrogens (tertiary/aromatic N) is 2. The standard InChI is InChI=1S/C15H27N3S/c1-3-10-16-14(15-9-11-17-18(15)2)12-19-13-7-5-4-6-8-13/h9,11,13-14,16H,3-8,10,12H2,1-2H3. The van der Waals surface area contributed by atoms with Gasteiger partial charge >= 0.3 is 0 Å². The molecular weight excluding hydrogens is 254 g/mol. The van der Waals surface area contributed by atoms with Crippen molar-refractivity contribution in [3.05, 3.63) is 18.0 Å². The van der Waals surface area contributed by atoms with Gasteiger partial charge in [-0.3, -0.25) is 4.68 Å². The lowest BCUT2D eigenvalue weighted by Crippen LogP contribution is -2.27. The van der Waals surface area contributed by atoms with Gasteiger partial charge in [-0.15, -0.1) is 0 Å². The number of aromatic nitrogens is 2. The Balaban J connectivity index is 1.88. The summed E-state index contributed by atoms with van der Waals surface area (Å²) >= 11 is 2.16. The third kappa shape index (κ3) is 4.53. The fraction of sp³-hybridized carbons (Fsp3) is 0.800. The van der Waals surface area contributed by atoms with E-state index in [1.54, 1.807) is 0 Å². The highest BCUT2D eigenvalue weighted by atomic mass is 32.2. The first-order valence-electron chi connectivity index (χ1n) is 7.64. The van der Waals surface area contributed by atoms with Crippen LogP contribution in [0.15, 0.2) is 12.3 Å². The van der Waals surface area contributed by atoms with Gasteiger partial charge in [-0.25, -0.2) is 0 Å². The number of hydrogen-bond donors (Lipinski definition) is 1. The Morgan fingerprint density at radius 1 is 1.42 bits per heavy atom. The fourth-order valence-corrected chi connectivity index (χ4v) is 4.18. The Labute approximate surface area is 121 Å². The molecule has 19 heavy (non-hydrogen) atoms. The minimum atomic E-state index is 0.444. The van der Waals surface area contributed by atoms with Gasteiger partial charge < -0.3 is 5.32 Å². The molecule has 1 aromatic heterocycles. The van der Waals surface area contributed by atoms with Crippen LogP contribution in [0.3, 0.4) is 0 Å². The smallest absolute Gasteiger partial charge is 0.0583 e. The summed E-state index contributed by atoms with van der Waals surface area (Å²) in [5.41, 5.74) is 1.32. The highest BCUT2D eigenvalue weighted by Crippen LogP contribution is 2.30. The summed E-state index contributed by atoms with van der Waals surface area (Å²) in [6.07, 6.45) is 10.2. The summed E-state index contributed by atoms with van der Waals surface area (Å²) in [5, 5.41) is 8.86. The van der Waals surface area contributed by atoms with Gasteiger partial charge in [0, 0.05) is 24.2 Å². The highest BCUT2D eigenvalue weighted by Gasteiger charge is 2.19. The topological polar surface area (TPSA) is 29.9 Å². The molecule has 2 rings (SSSR count). The van der Waals surface area contributed by atoms with Crippen LogP contribution in [-0.2, 0) is 7.05 Å². The van der Waals surface area contributed by atoms with Crippen molar-refractivity contribution in [3.63, 3.8) is 0 Å². The Bertz CT molecular complexity index is 358. The predicted molar refractivity (Wildman–Crippen MR) is 83.6 cm³/mol. The van der Waals surface area contributed by atoms with E-state index in [2.05, 4.69) is 35.2 Å². The molecule has 0 spiro atoms. The normalized spacial score (nSPS) is 18.6. The van der Waals surface area contributed by atoms with E-state index in [4.69, 9.17) is 0 Å².